The van der Waals surface area contributed by atoms with Gasteiger partial charge in [-0.05, 0) is 53.1 Å². The molecule has 1 saturated carbocycles. The van der Waals surface area contributed by atoms with Crippen molar-refractivity contribution in [3.63, 3.8) is 0 Å². The molecule has 1 fully saturated rings. The number of halogens is 1. The van der Waals surface area contributed by atoms with Gasteiger partial charge in [0, 0.05) is 9.61 Å². The van der Waals surface area contributed by atoms with Crippen molar-refractivity contribution in [1.29, 1.82) is 0 Å². The van der Waals surface area contributed by atoms with Crippen LogP contribution in [0.4, 0.5) is 0 Å². The minimum absolute atomic E-state index is 0.234. The summed E-state index contributed by atoms with van der Waals surface area (Å²) in [5.74, 6) is 0. The van der Waals surface area contributed by atoms with E-state index in [1.165, 1.54) is 22.0 Å². The van der Waals surface area contributed by atoms with E-state index < -0.39 is 0 Å². The van der Waals surface area contributed by atoms with Crippen molar-refractivity contribution in [2.45, 2.75) is 44.4 Å². The van der Waals surface area contributed by atoms with E-state index in [0.29, 0.717) is 6.61 Å². The van der Waals surface area contributed by atoms with Gasteiger partial charge in [0.2, 0.25) is 0 Å². The van der Waals surface area contributed by atoms with Gasteiger partial charge in [-0.25, -0.2) is 0 Å². The predicted octanol–water partition coefficient (Wildman–Crippen LogP) is 3.08. The molecule has 2 atom stereocenters. The molecule has 0 amide bonds. The molecule has 16 heavy (non-hydrogen) atoms. The standard InChI is InChI=1S/C13H18INO/c14-11-7-5-10(6-8-11)9-16-13-4-2-1-3-12(13)15/h5-8,12-13H,1-4,9,15H2. The van der Waals surface area contributed by atoms with Crippen LogP contribution in [0, 0.1) is 3.57 Å². The van der Waals surface area contributed by atoms with E-state index in [-0.39, 0.29) is 12.1 Å². The first-order valence-corrected chi connectivity index (χ1v) is 6.95. The highest BCUT2D eigenvalue weighted by atomic mass is 127. The summed E-state index contributed by atoms with van der Waals surface area (Å²) in [5.41, 5.74) is 7.28. The van der Waals surface area contributed by atoms with Crippen LogP contribution in [0.1, 0.15) is 31.2 Å². The number of rotatable bonds is 3. The Kier molecular flexibility index (Phi) is 4.61. The number of benzene rings is 1. The molecule has 0 spiro atoms. The van der Waals surface area contributed by atoms with E-state index in [4.69, 9.17) is 10.5 Å². The first kappa shape index (κ1) is 12.3. The molecular formula is C13H18INO. The number of nitrogens with two attached hydrogens (primary N) is 1. The van der Waals surface area contributed by atoms with Crippen molar-refractivity contribution in [1.82, 2.24) is 0 Å². The molecule has 1 aromatic rings. The highest BCUT2D eigenvalue weighted by molar-refractivity contribution is 14.1. The minimum Gasteiger partial charge on any atom is -0.372 e. The van der Waals surface area contributed by atoms with Crippen LogP contribution in [0.2, 0.25) is 0 Å². The van der Waals surface area contributed by atoms with Crippen molar-refractivity contribution in [2.24, 2.45) is 5.73 Å². The maximum atomic E-state index is 6.04. The SMILES string of the molecule is NC1CCCCC1OCc1ccc(I)cc1. The zero-order valence-electron chi connectivity index (χ0n) is 9.36. The van der Waals surface area contributed by atoms with Crippen molar-refractivity contribution in [2.75, 3.05) is 0 Å². The number of ether oxygens (including phenoxy) is 1. The number of hydrogen-bond acceptors (Lipinski definition) is 2. The van der Waals surface area contributed by atoms with E-state index in [2.05, 4.69) is 46.9 Å². The highest BCUT2D eigenvalue weighted by Crippen LogP contribution is 2.21. The molecule has 0 radical (unpaired) electrons. The van der Waals surface area contributed by atoms with Gasteiger partial charge in [-0.2, -0.15) is 0 Å². The topological polar surface area (TPSA) is 35.2 Å². The molecule has 2 N–H and O–H groups in total. The summed E-state index contributed by atoms with van der Waals surface area (Å²) in [5, 5.41) is 0. The molecule has 0 saturated heterocycles. The lowest BCUT2D eigenvalue weighted by atomic mass is 9.93. The normalized spacial score (nSPS) is 25.6. The summed E-state index contributed by atoms with van der Waals surface area (Å²) in [4.78, 5) is 0. The Morgan fingerprint density at radius 3 is 2.56 bits per heavy atom. The van der Waals surface area contributed by atoms with Crippen LogP contribution in [0.15, 0.2) is 24.3 Å². The summed E-state index contributed by atoms with van der Waals surface area (Å²) >= 11 is 2.31. The minimum atomic E-state index is 0.234. The van der Waals surface area contributed by atoms with Crippen LogP contribution in [0.25, 0.3) is 0 Å². The lowest BCUT2D eigenvalue weighted by Crippen LogP contribution is -2.39. The number of hydrogen-bond donors (Lipinski definition) is 1. The van der Waals surface area contributed by atoms with Gasteiger partial charge in [-0.1, -0.05) is 25.0 Å². The molecule has 2 unspecified atom stereocenters. The van der Waals surface area contributed by atoms with Crippen LogP contribution >= 0.6 is 22.6 Å². The van der Waals surface area contributed by atoms with E-state index in [0.717, 1.165) is 12.8 Å². The third-order valence-corrected chi connectivity index (χ3v) is 3.85. The Hall–Kier alpha value is -0.130. The first-order valence-electron chi connectivity index (χ1n) is 5.87. The Balaban J connectivity index is 1.84. The average Bonchev–Trinajstić information content (AvgIpc) is 2.30. The monoisotopic (exact) mass is 331 g/mol. The van der Waals surface area contributed by atoms with Crippen molar-refractivity contribution >= 4 is 22.6 Å². The second-order valence-electron chi connectivity index (χ2n) is 4.42. The molecule has 1 aliphatic carbocycles. The molecule has 0 bridgehead atoms. The zero-order chi connectivity index (χ0) is 11.4. The molecule has 0 heterocycles. The average molecular weight is 331 g/mol. The summed E-state index contributed by atoms with van der Waals surface area (Å²) in [6.07, 6.45) is 4.99. The fourth-order valence-electron chi connectivity index (χ4n) is 2.12. The lowest BCUT2D eigenvalue weighted by Gasteiger charge is -2.28. The van der Waals surface area contributed by atoms with E-state index in [1.807, 2.05) is 0 Å². The fraction of sp³-hybridized carbons (Fsp3) is 0.538. The van der Waals surface area contributed by atoms with Gasteiger partial charge < -0.3 is 10.5 Å². The molecule has 0 aromatic heterocycles. The van der Waals surface area contributed by atoms with Gasteiger partial charge in [0.05, 0.1) is 12.7 Å². The first-order chi connectivity index (χ1) is 7.75. The molecule has 88 valence electrons. The van der Waals surface area contributed by atoms with Crippen molar-refractivity contribution in [3.05, 3.63) is 33.4 Å². The van der Waals surface area contributed by atoms with E-state index in [9.17, 15) is 0 Å². The van der Waals surface area contributed by atoms with Crippen LogP contribution in [0.3, 0.4) is 0 Å². The van der Waals surface area contributed by atoms with E-state index in [1.54, 1.807) is 0 Å². The maximum Gasteiger partial charge on any atom is 0.0730 e. The van der Waals surface area contributed by atoms with Gasteiger partial charge in [0.25, 0.3) is 0 Å². The second-order valence-corrected chi connectivity index (χ2v) is 5.67. The predicted molar refractivity (Wildman–Crippen MR) is 74.2 cm³/mol. The van der Waals surface area contributed by atoms with Crippen LogP contribution in [-0.4, -0.2) is 12.1 Å². The van der Waals surface area contributed by atoms with Crippen LogP contribution in [-0.2, 0) is 11.3 Å². The van der Waals surface area contributed by atoms with Gasteiger partial charge in [0.1, 0.15) is 0 Å². The molecular weight excluding hydrogens is 313 g/mol. The Morgan fingerprint density at radius 1 is 1.19 bits per heavy atom. The third-order valence-electron chi connectivity index (χ3n) is 3.13. The molecule has 1 aliphatic rings. The van der Waals surface area contributed by atoms with Crippen LogP contribution in [0.5, 0.6) is 0 Å². The van der Waals surface area contributed by atoms with Gasteiger partial charge in [-0.15, -0.1) is 0 Å². The van der Waals surface area contributed by atoms with Gasteiger partial charge in [-0.3, -0.25) is 0 Å². The maximum absolute atomic E-state index is 6.04. The summed E-state index contributed by atoms with van der Waals surface area (Å²) in [6, 6.07) is 8.70. The van der Waals surface area contributed by atoms with Crippen molar-refractivity contribution < 1.29 is 4.74 Å². The van der Waals surface area contributed by atoms with Gasteiger partial charge >= 0.3 is 0 Å². The lowest BCUT2D eigenvalue weighted by molar-refractivity contribution is 0.00404. The van der Waals surface area contributed by atoms with Gasteiger partial charge in [0.15, 0.2) is 0 Å². The fourth-order valence-corrected chi connectivity index (χ4v) is 2.48. The third kappa shape index (κ3) is 3.43. The quantitative estimate of drug-likeness (QED) is 0.864. The zero-order valence-corrected chi connectivity index (χ0v) is 11.5. The molecule has 1 aromatic carbocycles. The molecule has 2 rings (SSSR count). The van der Waals surface area contributed by atoms with E-state index >= 15 is 0 Å². The molecule has 0 aliphatic heterocycles. The molecule has 2 nitrogen and oxygen atoms in total. The summed E-state index contributed by atoms with van der Waals surface area (Å²) in [6.45, 7) is 0.690. The Morgan fingerprint density at radius 2 is 1.88 bits per heavy atom. The molecule has 3 heteroatoms. The van der Waals surface area contributed by atoms with Crippen LogP contribution < -0.4 is 5.73 Å². The second kappa shape index (κ2) is 5.98. The largest absolute Gasteiger partial charge is 0.372 e. The Bertz CT molecular complexity index is 325. The van der Waals surface area contributed by atoms with Crippen molar-refractivity contribution in [3.8, 4) is 0 Å². The Labute approximate surface area is 111 Å². The summed E-state index contributed by atoms with van der Waals surface area (Å²) in [7, 11) is 0. The summed E-state index contributed by atoms with van der Waals surface area (Å²) < 4.78 is 7.15. The highest BCUT2D eigenvalue weighted by Gasteiger charge is 2.21. The smallest absolute Gasteiger partial charge is 0.0730 e.